The molecule has 6 heteroatoms. The van der Waals surface area contributed by atoms with Gasteiger partial charge in [-0.2, -0.15) is 13.2 Å². The Bertz CT molecular complexity index is 314. The van der Waals surface area contributed by atoms with Gasteiger partial charge in [-0.1, -0.05) is 0 Å². The maximum absolute atomic E-state index is 12.2. The van der Waals surface area contributed by atoms with Crippen LogP contribution in [0.2, 0.25) is 0 Å². The Labute approximate surface area is 78.4 Å². The summed E-state index contributed by atoms with van der Waals surface area (Å²) in [6.45, 7) is -0.414. The van der Waals surface area contributed by atoms with Crippen molar-refractivity contribution < 1.29 is 18.3 Å². The molecule has 0 aliphatic carbocycles. The van der Waals surface area contributed by atoms with Crippen molar-refractivity contribution in [2.75, 3.05) is 6.61 Å². The van der Waals surface area contributed by atoms with Crippen molar-refractivity contribution in [2.24, 2.45) is 5.73 Å². The van der Waals surface area contributed by atoms with Gasteiger partial charge < -0.3 is 10.8 Å². The highest BCUT2D eigenvalue weighted by molar-refractivity contribution is 5.23. The van der Waals surface area contributed by atoms with Gasteiger partial charge in [0, 0.05) is 12.4 Å². The number of hydrogen-bond acceptors (Lipinski definition) is 3. The Kier molecular flexibility index (Phi) is 3.07. The van der Waals surface area contributed by atoms with Gasteiger partial charge >= 0.3 is 6.18 Å². The van der Waals surface area contributed by atoms with Gasteiger partial charge in [-0.3, -0.25) is 4.98 Å². The minimum absolute atomic E-state index is 0.169. The summed E-state index contributed by atoms with van der Waals surface area (Å²) in [4.78, 5) is 3.41. The predicted octanol–water partition coefficient (Wildman–Crippen LogP) is 1.09. The number of nitrogens with zero attached hydrogens (tertiary/aromatic N) is 1. The fourth-order valence-corrected chi connectivity index (χ4v) is 0.921. The first-order valence-electron chi connectivity index (χ1n) is 3.83. The minimum atomic E-state index is -4.43. The van der Waals surface area contributed by atoms with E-state index in [1.165, 1.54) is 6.20 Å². The van der Waals surface area contributed by atoms with Crippen LogP contribution in [0.3, 0.4) is 0 Å². The van der Waals surface area contributed by atoms with Crippen LogP contribution in [0.15, 0.2) is 18.5 Å². The van der Waals surface area contributed by atoms with Crippen LogP contribution in [-0.4, -0.2) is 16.7 Å². The van der Waals surface area contributed by atoms with E-state index >= 15 is 0 Å². The largest absolute Gasteiger partial charge is 0.417 e. The van der Waals surface area contributed by atoms with Crippen molar-refractivity contribution in [3.63, 3.8) is 0 Å². The molecule has 0 unspecified atom stereocenters. The van der Waals surface area contributed by atoms with E-state index in [1.807, 2.05) is 0 Å². The highest BCUT2D eigenvalue weighted by atomic mass is 19.4. The van der Waals surface area contributed by atoms with Gasteiger partial charge in [0.2, 0.25) is 0 Å². The molecule has 0 amide bonds. The normalized spacial score (nSPS) is 14.1. The van der Waals surface area contributed by atoms with E-state index in [0.717, 1.165) is 6.07 Å². The molecule has 0 spiro atoms. The lowest BCUT2D eigenvalue weighted by atomic mass is 10.1. The summed E-state index contributed by atoms with van der Waals surface area (Å²) in [5.74, 6) is 0. The van der Waals surface area contributed by atoms with Crippen LogP contribution in [0.5, 0.6) is 0 Å². The second-order valence-electron chi connectivity index (χ2n) is 2.79. The molecule has 0 aliphatic heterocycles. The molecular weight excluding hydrogens is 197 g/mol. The fourth-order valence-electron chi connectivity index (χ4n) is 0.921. The van der Waals surface area contributed by atoms with Crippen molar-refractivity contribution in [1.82, 2.24) is 4.98 Å². The number of aliphatic hydroxyl groups is 1. The summed E-state index contributed by atoms with van der Waals surface area (Å²) >= 11 is 0. The number of hydrogen-bond donors (Lipinski definition) is 2. The van der Waals surface area contributed by atoms with E-state index in [9.17, 15) is 13.2 Å². The Balaban J connectivity index is 3.01. The minimum Gasteiger partial charge on any atom is -0.394 e. The van der Waals surface area contributed by atoms with E-state index in [4.69, 9.17) is 10.8 Å². The Hall–Kier alpha value is -1.14. The van der Waals surface area contributed by atoms with Gasteiger partial charge in [0.25, 0.3) is 0 Å². The average Bonchev–Trinajstić information content (AvgIpc) is 2.15. The summed E-state index contributed by atoms with van der Waals surface area (Å²) in [6.07, 6.45) is -2.51. The highest BCUT2D eigenvalue weighted by Gasteiger charge is 2.31. The van der Waals surface area contributed by atoms with E-state index in [2.05, 4.69) is 4.98 Å². The third kappa shape index (κ3) is 2.43. The molecule has 1 aromatic rings. The quantitative estimate of drug-likeness (QED) is 0.761. The van der Waals surface area contributed by atoms with Crippen LogP contribution < -0.4 is 5.73 Å². The Morgan fingerprint density at radius 1 is 1.43 bits per heavy atom. The molecule has 0 saturated heterocycles. The molecule has 3 N–H and O–H groups in total. The molecule has 0 saturated carbocycles. The van der Waals surface area contributed by atoms with Gasteiger partial charge in [-0.25, -0.2) is 0 Å². The van der Waals surface area contributed by atoms with Crippen LogP contribution in [-0.2, 0) is 6.18 Å². The number of rotatable bonds is 2. The maximum Gasteiger partial charge on any atom is 0.417 e. The van der Waals surface area contributed by atoms with Gasteiger partial charge in [0.1, 0.15) is 0 Å². The summed E-state index contributed by atoms with van der Waals surface area (Å²) in [5, 5.41) is 8.65. The molecule has 14 heavy (non-hydrogen) atoms. The molecule has 1 atom stereocenters. The number of alkyl halides is 3. The first-order chi connectivity index (χ1) is 6.45. The van der Waals surface area contributed by atoms with Crippen molar-refractivity contribution >= 4 is 0 Å². The number of halogens is 3. The first kappa shape index (κ1) is 10.9. The second-order valence-corrected chi connectivity index (χ2v) is 2.79. The number of pyridine rings is 1. The topological polar surface area (TPSA) is 59.1 Å². The van der Waals surface area contributed by atoms with Gasteiger partial charge in [-0.15, -0.1) is 0 Å². The number of aromatic nitrogens is 1. The molecule has 0 bridgehead atoms. The zero-order valence-electron chi connectivity index (χ0n) is 7.12. The van der Waals surface area contributed by atoms with Crippen molar-refractivity contribution in [1.29, 1.82) is 0 Å². The Morgan fingerprint density at radius 3 is 2.57 bits per heavy atom. The van der Waals surface area contributed by atoms with Crippen LogP contribution in [0, 0.1) is 0 Å². The zero-order chi connectivity index (χ0) is 10.8. The summed E-state index contributed by atoms with van der Waals surface area (Å²) in [6, 6.07) is 0.0539. The summed E-state index contributed by atoms with van der Waals surface area (Å²) in [7, 11) is 0. The van der Waals surface area contributed by atoms with Gasteiger partial charge in [0.15, 0.2) is 0 Å². The lowest BCUT2D eigenvalue weighted by Crippen LogP contribution is -2.16. The molecule has 0 fully saturated rings. The van der Waals surface area contributed by atoms with Crippen molar-refractivity contribution in [3.8, 4) is 0 Å². The molecular formula is C8H9F3N2O. The zero-order valence-corrected chi connectivity index (χ0v) is 7.12. The lowest BCUT2D eigenvalue weighted by molar-refractivity contribution is -0.137. The highest BCUT2D eigenvalue weighted by Crippen LogP contribution is 2.29. The molecule has 0 radical (unpaired) electrons. The molecule has 1 aromatic heterocycles. The standard InChI is InChI=1S/C8H9F3N2O/c9-8(10,11)6-1-5(2-13-3-6)7(12)4-14/h1-3,7,14H,4,12H2/t7-/m1/s1. The smallest absolute Gasteiger partial charge is 0.394 e. The van der Waals surface area contributed by atoms with E-state index in [1.54, 1.807) is 0 Å². The SMILES string of the molecule is N[C@H](CO)c1cncc(C(F)(F)F)c1. The first-order valence-corrected chi connectivity index (χ1v) is 3.83. The average molecular weight is 206 g/mol. The third-order valence-electron chi connectivity index (χ3n) is 1.71. The monoisotopic (exact) mass is 206 g/mol. The number of aliphatic hydroxyl groups excluding tert-OH is 1. The van der Waals surface area contributed by atoms with Gasteiger partial charge in [-0.05, 0) is 11.6 Å². The van der Waals surface area contributed by atoms with Crippen LogP contribution in [0.25, 0.3) is 0 Å². The van der Waals surface area contributed by atoms with E-state index < -0.39 is 24.4 Å². The number of nitrogens with two attached hydrogens (primary N) is 1. The predicted molar refractivity (Wildman–Crippen MR) is 43.3 cm³/mol. The van der Waals surface area contributed by atoms with Crippen LogP contribution in [0.4, 0.5) is 13.2 Å². The molecule has 0 aromatic carbocycles. The molecule has 0 aliphatic rings. The second kappa shape index (κ2) is 3.93. The van der Waals surface area contributed by atoms with Crippen LogP contribution >= 0.6 is 0 Å². The molecule has 1 heterocycles. The molecule has 3 nitrogen and oxygen atoms in total. The van der Waals surface area contributed by atoms with Crippen molar-refractivity contribution in [2.45, 2.75) is 12.2 Å². The Morgan fingerprint density at radius 2 is 2.07 bits per heavy atom. The summed E-state index contributed by atoms with van der Waals surface area (Å²) in [5.41, 5.74) is 4.66. The van der Waals surface area contributed by atoms with Gasteiger partial charge in [0.05, 0.1) is 18.2 Å². The summed E-state index contributed by atoms with van der Waals surface area (Å²) < 4.78 is 36.6. The molecule has 78 valence electrons. The third-order valence-corrected chi connectivity index (χ3v) is 1.71. The fraction of sp³-hybridized carbons (Fsp3) is 0.375. The lowest BCUT2D eigenvalue weighted by Gasteiger charge is -2.11. The van der Waals surface area contributed by atoms with Crippen LogP contribution in [0.1, 0.15) is 17.2 Å². The molecule has 1 rings (SSSR count). The van der Waals surface area contributed by atoms with Crippen molar-refractivity contribution in [3.05, 3.63) is 29.6 Å². The maximum atomic E-state index is 12.2. The van der Waals surface area contributed by atoms with E-state index in [0.29, 0.717) is 6.20 Å². The van der Waals surface area contributed by atoms with E-state index in [-0.39, 0.29) is 5.56 Å².